The molecule has 1 aromatic carbocycles. The quantitative estimate of drug-likeness (QED) is 0.814. The number of furan rings is 1. The maximum atomic E-state index is 13.2. The molecule has 2 aromatic rings. The van der Waals surface area contributed by atoms with E-state index in [1.807, 2.05) is 6.07 Å². The first-order chi connectivity index (χ1) is 9.15. The first-order valence-electron chi connectivity index (χ1n) is 7.10. The van der Waals surface area contributed by atoms with Crippen LogP contribution in [0.5, 0.6) is 0 Å². The summed E-state index contributed by atoms with van der Waals surface area (Å²) in [4.78, 5) is 0. The molecule has 0 aliphatic rings. The van der Waals surface area contributed by atoms with Crippen LogP contribution in [0.3, 0.4) is 0 Å². The molecule has 0 bridgehead atoms. The fourth-order valence-corrected chi connectivity index (χ4v) is 2.68. The Bertz CT molecular complexity index is 529. The Kier molecular flexibility index (Phi) is 4.59. The molecule has 1 heterocycles. The third-order valence-corrected chi connectivity index (χ3v) is 3.65. The third-order valence-electron chi connectivity index (χ3n) is 3.65. The molecule has 0 radical (unpaired) electrons. The fraction of sp³-hybridized carbons (Fsp3) is 0.500. The summed E-state index contributed by atoms with van der Waals surface area (Å²) < 4.78 is 18.9. The highest BCUT2D eigenvalue weighted by Crippen LogP contribution is 2.31. The molecule has 0 aliphatic carbocycles. The standard InChI is InChI=1S/C16H22FNO/c1-3-5-11(6-4-2)16(18)15-10-12-9-13(17)7-8-14(12)19-15/h7-11,16H,3-6,18H2,1-2H3. The average molecular weight is 263 g/mol. The Morgan fingerprint density at radius 3 is 2.47 bits per heavy atom. The van der Waals surface area contributed by atoms with Crippen LogP contribution >= 0.6 is 0 Å². The van der Waals surface area contributed by atoms with Gasteiger partial charge in [0.25, 0.3) is 0 Å². The van der Waals surface area contributed by atoms with Gasteiger partial charge in [0.05, 0.1) is 6.04 Å². The Morgan fingerprint density at radius 1 is 1.16 bits per heavy atom. The van der Waals surface area contributed by atoms with Crippen LogP contribution in [-0.4, -0.2) is 0 Å². The predicted molar refractivity (Wildman–Crippen MR) is 76.4 cm³/mol. The first-order valence-corrected chi connectivity index (χ1v) is 7.10. The van der Waals surface area contributed by atoms with Gasteiger partial charge in [-0.15, -0.1) is 0 Å². The highest BCUT2D eigenvalue weighted by Gasteiger charge is 2.21. The zero-order valence-corrected chi connectivity index (χ0v) is 11.7. The topological polar surface area (TPSA) is 39.2 Å². The van der Waals surface area contributed by atoms with Gasteiger partial charge in [-0.1, -0.05) is 26.7 Å². The van der Waals surface area contributed by atoms with Crippen molar-refractivity contribution in [2.24, 2.45) is 11.7 Å². The molecule has 2 rings (SSSR count). The first kappa shape index (κ1) is 14.1. The van der Waals surface area contributed by atoms with Crippen molar-refractivity contribution in [1.29, 1.82) is 0 Å². The number of hydrogen-bond donors (Lipinski definition) is 1. The van der Waals surface area contributed by atoms with Crippen LogP contribution in [0.2, 0.25) is 0 Å². The number of fused-ring (bicyclic) bond motifs is 1. The van der Waals surface area contributed by atoms with Gasteiger partial charge < -0.3 is 10.2 Å². The molecular formula is C16H22FNO. The summed E-state index contributed by atoms with van der Waals surface area (Å²) in [6.07, 6.45) is 4.43. The molecule has 1 unspecified atom stereocenters. The van der Waals surface area contributed by atoms with Crippen LogP contribution < -0.4 is 5.73 Å². The summed E-state index contributed by atoms with van der Waals surface area (Å²) in [6, 6.07) is 6.34. The van der Waals surface area contributed by atoms with E-state index in [0.29, 0.717) is 11.5 Å². The van der Waals surface area contributed by atoms with E-state index in [-0.39, 0.29) is 11.9 Å². The van der Waals surface area contributed by atoms with Crippen LogP contribution in [-0.2, 0) is 0 Å². The van der Waals surface area contributed by atoms with Crippen molar-refractivity contribution in [3.63, 3.8) is 0 Å². The van der Waals surface area contributed by atoms with Gasteiger partial charge in [0.15, 0.2) is 0 Å². The van der Waals surface area contributed by atoms with Crippen LogP contribution in [0, 0.1) is 11.7 Å². The lowest BCUT2D eigenvalue weighted by atomic mass is 9.89. The van der Waals surface area contributed by atoms with E-state index in [0.717, 1.165) is 36.8 Å². The summed E-state index contributed by atoms with van der Waals surface area (Å²) in [5, 5.41) is 0.789. The van der Waals surface area contributed by atoms with E-state index in [4.69, 9.17) is 10.2 Å². The average Bonchev–Trinajstić information content (AvgIpc) is 2.80. The Labute approximate surface area is 113 Å². The van der Waals surface area contributed by atoms with Crippen LogP contribution in [0.25, 0.3) is 11.0 Å². The van der Waals surface area contributed by atoms with Gasteiger partial charge in [0.2, 0.25) is 0 Å². The van der Waals surface area contributed by atoms with Crippen molar-refractivity contribution in [3.8, 4) is 0 Å². The zero-order chi connectivity index (χ0) is 13.8. The summed E-state index contributed by atoms with van der Waals surface area (Å²) in [5.74, 6) is 0.958. The molecule has 2 N–H and O–H groups in total. The molecule has 1 atom stereocenters. The normalized spacial score (nSPS) is 13.3. The fourth-order valence-electron chi connectivity index (χ4n) is 2.68. The Morgan fingerprint density at radius 2 is 1.84 bits per heavy atom. The van der Waals surface area contributed by atoms with Crippen molar-refractivity contribution in [2.75, 3.05) is 0 Å². The lowest BCUT2D eigenvalue weighted by molar-refractivity contribution is 0.330. The number of halogens is 1. The highest BCUT2D eigenvalue weighted by molar-refractivity contribution is 5.78. The van der Waals surface area contributed by atoms with E-state index in [1.54, 1.807) is 6.07 Å². The molecule has 0 saturated carbocycles. The predicted octanol–water partition coefficient (Wildman–Crippen LogP) is 4.79. The summed E-state index contributed by atoms with van der Waals surface area (Å²) in [7, 11) is 0. The van der Waals surface area contributed by atoms with Crippen LogP contribution in [0.1, 0.15) is 51.3 Å². The lowest BCUT2D eigenvalue weighted by Gasteiger charge is -2.21. The monoisotopic (exact) mass is 263 g/mol. The van der Waals surface area contributed by atoms with Gasteiger partial charge >= 0.3 is 0 Å². The second-order valence-corrected chi connectivity index (χ2v) is 5.19. The molecule has 0 amide bonds. The lowest BCUT2D eigenvalue weighted by Crippen LogP contribution is -2.20. The van der Waals surface area contributed by atoms with E-state index in [1.165, 1.54) is 12.1 Å². The second-order valence-electron chi connectivity index (χ2n) is 5.19. The minimum Gasteiger partial charge on any atom is -0.459 e. The molecule has 0 fully saturated rings. The molecule has 0 saturated heterocycles. The van der Waals surface area contributed by atoms with Gasteiger partial charge in [-0.25, -0.2) is 4.39 Å². The third kappa shape index (κ3) is 3.16. The summed E-state index contributed by atoms with van der Waals surface area (Å²) in [5.41, 5.74) is 7.03. The van der Waals surface area contributed by atoms with Crippen molar-refractivity contribution in [1.82, 2.24) is 0 Å². The second kappa shape index (κ2) is 6.20. The van der Waals surface area contributed by atoms with Gasteiger partial charge in [-0.05, 0) is 43.0 Å². The number of benzene rings is 1. The van der Waals surface area contributed by atoms with E-state index in [2.05, 4.69) is 13.8 Å². The molecule has 2 nitrogen and oxygen atoms in total. The number of rotatable bonds is 6. The summed E-state index contributed by atoms with van der Waals surface area (Å²) in [6.45, 7) is 4.34. The van der Waals surface area contributed by atoms with Crippen molar-refractivity contribution in [3.05, 3.63) is 35.8 Å². The molecule has 0 aliphatic heterocycles. The minimum atomic E-state index is -0.243. The molecule has 19 heavy (non-hydrogen) atoms. The van der Waals surface area contributed by atoms with Gasteiger partial charge in [0, 0.05) is 5.39 Å². The van der Waals surface area contributed by atoms with Crippen LogP contribution in [0.4, 0.5) is 4.39 Å². The Balaban J connectivity index is 2.26. The zero-order valence-electron chi connectivity index (χ0n) is 11.7. The van der Waals surface area contributed by atoms with Gasteiger partial charge in [-0.2, -0.15) is 0 Å². The molecule has 0 spiro atoms. The number of hydrogen-bond acceptors (Lipinski definition) is 2. The van der Waals surface area contributed by atoms with Crippen molar-refractivity contribution < 1.29 is 8.81 Å². The van der Waals surface area contributed by atoms with Crippen molar-refractivity contribution >= 4 is 11.0 Å². The maximum Gasteiger partial charge on any atom is 0.134 e. The SMILES string of the molecule is CCCC(CCC)C(N)c1cc2cc(F)ccc2o1. The Hall–Kier alpha value is -1.35. The van der Waals surface area contributed by atoms with Crippen molar-refractivity contribution in [2.45, 2.75) is 45.6 Å². The molecule has 3 heteroatoms. The molecule has 1 aromatic heterocycles. The molecule has 104 valence electrons. The van der Waals surface area contributed by atoms with Gasteiger partial charge in [-0.3, -0.25) is 0 Å². The highest BCUT2D eigenvalue weighted by atomic mass is 19.1. The van der Waals surface area contributed by atoms with E-state index in [9.17, 15) is 4.39 Å². The largest absolute Gasteiger partial charge is 0.459 e. The maximum absolute atomic E-state index is 13.2. The number of nitrogens with two attached hydrogens (primary N) is 1. The minimum absolute atomic E-state index is 0.102. The van der Waals surface area contributed by atoms with Crippen LogP contribution in [0.15, 0.2) is 28.7 Å². The summed E-state index contributed by atoms with van der Waals surface area (Å²) >= 11 is 0. The molecular weight excluding hydrogens is 241 g/mol. The smallest absolute Gasteiger partial charge is 0.134 e. The van der Waals surface area contributed by atoms with Gasteiger partial charge in [0.1, 0.15) is 17.2 Å². The van der Waals surface area contributed by atoms with E-state index < -0.39 is 0 Å². The van der Waals surface area contributed by atoms with E-state index >= 15 is 0 Å².